The van der Waals surface area contributed by atoms with E-state index in [1.54, 1.807) is 0 Å². The lowest BCUT2D eigenvalue weighted by Crippen LogP contribution is -2.24. The highest BCUT2D eigenvalue weighted by Crippen LogP contribution is 2.34. The Morgan fingerprint density at radius 2 is 1.78 bits per heavy atom. The highest BCUT2D eigenvalue weighted by molar-refractivity contribution is 9.10. The van der Waals surface area contributed by atoms with Gasteiger partial charge in [0.25, 0.3) is 5.56 Å². The number of anilines is 1. The van der Waals surface area contributed by atoms with Crippen LogP contribution in [0.3, 0.4) is 0 Å². The van der Waals surface area contributed by atoms with Crippen molar-refractivity contribution in [3.05, 3.63) is 49.5 Å². The number of aromatic nitrogens is 1. The van der Waals surface area contributed by atoms with Crippen LogP contribution in [-0.2, 0) is 0 Å². The van der Waals surface area contributed by atoms with Gasteiger partial charge in [-0.2, -0.15) is 0 Å². The number of hydrogen-bond donors (Lipinski definition) is 4. The Labute approximate surface area is 136 Å². The van der Waals surface area contributed by atoms with E-state index in [4.69, 9.17) is 5.73 Å². The molecule has 23 heavy (non-hydrogen) atoms. The number of hydrogen-bond acceptors (Lipinski definition) is 4. The van der Waals surface area contributed by atoms with E-state index in [2.05, 4.69) is 15.9 Å². The van der Waals surface area contributed by atoms with Crippen LogP contribution in [0.4, 0.5) is 10.2 Å². The highest BCUT2D eigenvalue weighted by Gasteiger charge is 2.28. The van der Waals surface area contributed by atoms with Gasteiger partial charge in [-0.05, 0) is 18.6 Å². The second-order valence-electron chi connectivity index (χ2n) is 4.64. The van der Waals surface area contributed by atoms with E-state index in [1.165, 1.54) is 19.1 Å². The standard InChI is InChI=1S/C14H10BrFN2O5/c1-4-6(15)3-2-5(10(4)16)7-8(13(20)21)11(17)18-12(19)9(7)14(22)23/h2-3H,1H3,(H,20,21)(H,22,23)(H3,17,18,19). The summed E-state index contributed by atoms with van der Waals surface area (Å²) in [6.45, 7) is 1.42. The van der Waals surface area contributed by atoms with Crippen LogP contribution < -0.4 is 11.3 Å². The van der Waals surface area contributed by atoms with Crippen molar-refractivity contribution in [1.82, 2.24) is 4.98 Å². The minimum atomic E-state index is -1.69. The number of aromatic carboxylic acids is 2. The molecule has 1 heterocycles. The SMILES string of the molecule is Cc1c(Br)ccc(-c2c(C(=O)O)c(N)[nH]c(=O)c2C(=O)O)c1F. The van der Waals surface area contributed by atoms with Crippen molar-refractivity contribution >= 4 is 33.7 Å². The van der Waals surface area contributed by atoms with Gasteiger partial charge in [-0.15, -0.1) is 0 Å². The largest absolute Gasteiger partial charge is 0.478 e. The van der Waals surface area contributed by atoms with E-state index < -0.39 is 45.8 Å². The first-order valence-electron chi connectivity index (χ1n) is 6.14. The van der Waals surface area contributed by atoms with E-state index in [1.807, 2.05) is 4.98 Å². The number of nitrogens with two attached hydrogens (primary N) is 1. The zero-order valence-corrected chi connectivity index (χ0v) is 13.2. The molecule has 0 radical (unpaired) electrons. The Bertz CT molecular complexity index is 907. The van der Waals surface area contributed by atoms with E-state index in [9.17, 15) is 29.0 Å². The van der Waals surface area contributed by atoms with Gasteiger partial charge in [-0.25, -0.2) is 14.0 Å². The van der Waals surface area contributed by atoms with Crippen molar-refractivity contribution in [2.45, 2.75) is 6.92 Å². The molecule has 0 saturated carbocycles. The van der Waals surface area contributed by atoms with Gasteiger partial charge in [0.15, 0.2) is 0 Å². The monoisotopic (exact) mass is 384 g/mol. The molecule has 1 aromatic carbocycles. The maximum atomic E-state index is 14.5. The number of nitrogens with one attached hydrogen (secondary N) is 1. The molecular weight excluding hydrogens is 375 g/mol. The van der Waals surface area contributed by atoms with Crippen LogP contribution in [0.15, 0.2) is 21.4 Å². The van der Waals surface area contributed by atoms with E-state index >= 15 is 0 Å². The van der Waals surface area contributed by atoms with Gasteiger partial charge in [0.1, 0.15) is 22.8 Å². The maximum absolute atomic E-state index is 14.5. The number of benzene rings is 1. The summed E-state index contributed by atoms with van der Waals surface area (Å²) in [4.78, 5) is 36.6. The molecule has 1 aromatic heterocycles. The van der Waals surface area contributed by atoms with Crippen molar-refractivity contribution in [2.75, 3.05) is 5.73 Å². The number of rotatable bonds is 3. The van der Waals surface area contributed by atoms with Crippen LogP contribution in [0, 0.1) is 12.7 Å². The van der Waals surface area contributed by atoms with Gasteiger partial charge < -0.3 is 20.9 Å². The van der Waals surface area contributed by atoms with Crippen LogP contribution in [-0.4, -0.2) is 27.1 Å². The molecule has 2 rings (SSSR count). The number of carbonyl (C=O) groups is 2. The van der Waals surface area contributed by atoms with Crippen molar-refractivity contribution in [3.63, 3.8) is 0 Å². The van der Waals surface area contributed by atoms with Crippen molar-refractivity contribution in [3.8, 4) is 11.1 Å². The quantitative estimate of drug-likeness (QED) is 0.640. The minimum absolute atomic E-state index is 0.133. The number of H-pyrrole nitrogens is 1. The van der Waals surface area contributed by atoms with Gasteiger partial charge in [-0.1, -0.05) is 22.0 Å². The molecule has 0 atom stereocenters. The van der Waals surface area contributed by atoms with E-state index in [-0.39, 0.29) is 11.1 Å². The molecule has 2 aromatic rings. The van der Waals surface area contributed by atoms with Gasteiger partial charge in [-0.3, -0.25) is 4.79 Å². The van der Waals surface area contributed by atoms with E-state index in [0.717, 1.165) is 0 Å². The molecule has 5 N–H and O–H groups in total. The summed E-state index contributed by atoms with van der Waals surface area (Å²) in [5.41, 5.74) is 2.03. The molecule has 0 amide bonds. The molecule has 0 spiro atoms. The number of halogens is 2. The molecular formula is C14H10BrFN2O5. The van der Waals surface area contributed by atoms with Crippen LogP contribution >= 0.6 is 15.9 Å². The fourth-order valence-electron chi connectivity index (χ4n) is 2.17. The lowest BCUT2D eigenvalue weighted by Gasteiger charge is -2.14. The summed E-state index contributed by atoms with van der Waals surface area (Å²) in [6, 6.07) is 2.60. The van der Waals surface area contributed by atoms with Crippen LogP contribution in [0.1, 0.15) is 26.3 Å². The molecule has 0 aliphatic heterocycles. The summed E-state index contributed by atoms with van der Waals surface area (Å²) >= 11 is 3.11. The fraction of sp³-hybridized carbons (Fsp3) is 0.0714. The van der Waals surface area contributed by atoms with Crippen LogP contribution in [0.5, 0.6) is 0 Å². The van der Waals surface area contributed by atoms with Gasteiger partial charge in [0.05, 0.1) is 0 Å². The predicted molar refractivity (Wildman–Crippen MR) is 83.2 cm³/mol. The molecule has 0 fully saturated rings. The van der Waals surface area contributed by atoms with Crippen LogP contribution in [0.2, 0.25) is 0 Å². The Kier molecular flexibility index (Phi) is 4.24. The van der Waals surface area contributed by atoms with Crippen molar-refractivity contribution in [1.29, 1.82) is 0 Å². The smallest absolute Gasteiger partial charge is 0.342 e. The number of pyridine rings is 1. The third-order valence-electron chi connectivity index (χ3n) is 3.26. The molecule has 0 unspecified atom stereocenters. The molecule has 7 nitrogen and oxygen atoms in total. The molecule has 0 aliphatic carbocycles. The topological polar surface area (TPSA) is 133 Å². The van der Waals surface area contributed by atoms with Crippen molar-refractivity contribution < 1.29 is 24.2 Å². The third-order valence-corrected chi connectivity index (χ3v) is 4.12. The summed E-state index contributed by atoms with van der Waals surface area (Å²) in [5, 5.41) is 18.5. The molecule has 0 bridgehead atoms. The van der Waals surface area contributed by atoms with E-state index in [0.29, 0.717) is 4.47 Å². The first-order chi connectivity index (χ1) is 10.7. The molecule has 0 aliphatic rings. The number of nitrogen functional groups attached to an aromatic ring is 1. The van der Waals surface area contributed by atoms with Gasteiger partial charge >= 0.3 is 11.9 Å². The average molecular weight is 385 g/mol. The Morgan fingerprint density at radius 1 is 1.22 bits per heavy atom. The zero-order valence-electron chi connectivity index (χ0n) is 11.6. The molecule has 9 heteroatoms. The Hall–Kier alpha value is -2.68. The van der Waals surface area contributed by atoms with Crippen LogP contribution in [0.25, 0.3) is 11.1 Å². The van der Waals surface area contributed by atoms with Crippen molar-refractivity contribution in [2.24, 2.45) is 0 Å². The maximum Gasteiger partial charge on any atom is 0.342 e. The first kappa shape index (κ1) is 16.7. The third kappa shape index (κ3) is 2.70. The summed E-state index contributed by atoms with van der Waals surface area (Å²) in [7, 11) is 0. The summed E-state index contributed by atoms with van der Waals surface area (Å²) < 4.78 is 14.9. The van der Waals surface area contributed by atoms with Gasteiger partial charge in [0, 0.05) is 15.6 Å². The number of carboxylic acids is 2. The lowest BCUT2D eigenvalue weighted by atomic mass is 9.94. The minimum Gasteiger partial charge on any atom is -0.478 e. The Morgan fingerprint density at radius 3 is 2.30 bits per heavy atom. The predicted octanol–water partition coefficient (Wildman–Crippen LogP) is 2.23. The first-order valence-corrected chi connectivity index (χ1v) is 6.93. The molecule has 120 valence electrons. The second kappa shape index (κ2) is 5.84. The highest BCUT2D eigenvalue weighted by atomic mass is 79.9. The number of carboxylic acid groups (broad SMARTS) is 2. The lowest BCUT2D eigenvalue weighted by molar-refractivity contribution is 0.0695. The summed E-state index contributed by atoms with van der Waals surface area (Å²) in [5.74, 6) is -4.68. The average Bonchev–Trinajstić information content (AvgIpc) is 2.43. The zero-order chi connectivity index (χ0) is 17.5. The summed E-state index contributed by atoms with van der Waals surface area (Å²) in [6.07, 6.45) is 0. The normalized spacial score (nSPS) is 10.6. The molecule has 0 saturated heterocycles. The number of aromatic amines is 1. The van der Waals surface area contributed by atoms with Gasteiger partial charge in [0.2, 0.25) is 0 Å². The second-order valence-corrected chi connectivity index (χ2v) is 5.49. The fourth-order valence-corrected chi connectivity index (χ4v) is 2.48. The Balaban J connectivity index is 3.07.